The van der Waals surface area contributed by atoms with E-state index in [2.05, 4.69) is 39.0 Å². The minimum atomic E-state index is -0.178. The highest BCUT2D eigenvalue weighted by Gasteiger charge is 2.34. The van der Waals surface area contributed by atoms with Gasteiger partial charge >= 0.3 is 0 Å². The number of rotatable bonds is 2. The molecular weight excluding hydrogens is 283 g/mol. The van der Waals surface area contributed by atoms with Crippen molar-refractivity contribution in [1.82, 2.24) is 0 Å². The van der Waals surface area contributed by atoms with Gasteiger partial charge in [-0.15, -0.1) is 0 Å². The average Bonchev–Trinajstić information content (AvgIpc) is 2.57. The molecule has 1 fully saturated rings. The first-order valence-corrected chi connectivity index (χ1v) is 9.08. The second-order valence-electron chi connectivity index (χ2n) is 7.60. The number of hydrogen-bond acceptors (Lipinski definition) is 0. The predicted molar refractivity (Wildman–Crippen MR) is 97.8 cm³/mol. The first-order valence-electron chi connectivity index (χ1n) is 9.08. The summed E-state index contributed by atoms with van der Waals surface area (Å²) in [5, 5.41) is 0. The van der Waals surface area contributed by atoms with Crippen LogP contribution in [0.15, 0.2) is 54.1 Å². The zero-order valence-corrected chi connectivity index (χ0v) is 14.9. The first kappa shape index (κ1) is 18.0. The van der Waals surface area contributed by atoms with Crippen LogP contribution in [0.3, 0.4) is 0 Å². The highest BCUT2D eigenvalue weighted by Crippen LogP contribution is 2.47. The van der Waals surface area contributed by atoms with Crippen molar-refractivity contribution in [3.05, 3.63) is 60.0 Å². The molecule has 0 bridgehead atoms. The van der Waals surface area contributed by atoms with Crippen molar-refractivity contribution in [3.8, 4) is 0 Å². The molecule has 1 heteroatoms. The van der Waals surface area contributed by atoms with Crippen LogP contribution in [0.2, 0.25) is 0 Å². The summed E-state index contributed by atoms with van der Waals surface area (Å²) in [6, 6.07) is 7.94. The lowest BCUT2D eigenvalue weighted by Gasteiger charge is -2.41. The highest BCUT2D eigenvalue weighted by atomic mass is 19.1. The molecular formula is C22H31F. The highest BCUT2D eigenvalue weighted by molar-refractivity contribution is 5.24. The molecule has 1 aromatic carbocycles. The second-order valence-corrected chi connectivity index (χ2v) is 7.60. The Bertz CT molecular complexity index is 516. The zero-order chi connectivity index (χ0) is 16.7. The van der Waals surface area contributed by atoms with Gasteiger partial charge in [0.25, 0.3) is 0 Å². The number of benzene rings is 1. The predicted octanol–water partition coefficient (Wildman–Crippen LogP) is 6.94. The van der Waals surface area contributed by atoms with E-state index < -0.39 is 0 Å². The van der Waals surface area contributed by atoms with E-state index in [1.54, 1.807) is 23.8 Å². The lowest BCUT2D eigenvalue weighted by molar-refractivity contribution is 0.171. The largest absolute Gasteiger partial charge is 0.207 e. The molecule has 3 rings (SSSR count). The van der Waals surface area contributed by atoms with E-state index in [0.717, 1.165) is 11.8 Å². The SMILES string of the molecule is CC(C)C1CCC(C)(C2=CC=CCC2)CC1.Fc1ccccc1. The molecule has 23 heavy (non-hydrogen) atoms. The Kier molecular flexibility index (Phi) is 6.62. The number of halogens is 1. The van der Waals surface area contributed by atoms with Gasteiger partial charge in [-0.2, -0.15) is 0 Å². The minimum absolute atomic E-state index is 0.178. The van der Waals surface area contributed by atoms with Crippen LogP contribution in [0.4, 0.5) is 4.39 Å². The van der Waals surface area contributed by atoms with Gasteiger partial charge in [-0.1, -0.05) is 62.8 Å². The molecule has 1 aromatic rings. The Hall–Kier alpha value is -1.37. The zero-order valence-electron chi connectivity index (χ0n) is 14.9. The summed E-state index contributed by atoms with van der Waals surface area (Å²) < 4.78 is 11.9. The molecule has 0 N–H and O–H groups in total. The molecule has 0 spiro atoms. The van der Waals surface area contributed by atoms with Gasteiger partial charge in [0.05, 0.1) is 0 Å². The molecule has 126 valence electrons. The molecule has 0 nitrogen and oxygen atoms in total. The van der Waals surface area contributed by atoms with Crippen LogP contribution in [0.25, 0.3) is 0 Å². The third kappa shape index (κ3) is 5.34. The van der Waals surface area contributed by atoms with Gasteiger partial charge in [-0.25, -0.2) is 4.39 Å². The van der Waals surface area contributed by atoms with Crippen molar-refractivity contribution in [2.45, 2.75) is 59.3 Å². The Morgan fingerprint density at radius 3 is 2.17 bits per heavy atom. The molecule has 2 aliphatic rings. The molecule has 0 unspecified atom stereocenters. The minimum Gasteiger partial charge on any atom is -0.207 e. The summed E-state index contributed by atoms with van der Waals surface area (Å²) in [5.41, 5.74) is 2.24. The van der Waals surface area contributed by atoms with Gasteiger partial charge in [0.15, 0.2) is 0 Å². The molecule has 1 saturated carbocycles. The van der Waals surface area contributed by atoms with Gasteiger partial charge in [0.2, 0.25) is 0 Å². The van der Waals surface area contributed by atoms with Gasteiger partial charge in [-0.05, 0) is 67.9 Å². The average molecular weight is 314 g/mol. The maximum absolute atomic E-state index is 11.9. The Morgan fingerprint density at radius 1 is 1.09 bits per heavy atom. The van der Waals surface area contributed by atoms with Crippen LogP contribution in [-0.2, 0) is 0 Å². The van der Waals surface area contributed by atoms with Crippen molar-refractivity contribution in [2.75, 3.05) is 0 Å². The third-order valence-electron chi connectivity index (χ3n) is 5.60. The van der Waals surface area contributed by atoms with Crippen LogP contribution in [0.5, 0.6) is 0 Å². The summed E-state index contributed by atoms with van der Waals surface area (Å²) in [6.07, 6.45) is 15.2. The smallest absolute Gasteiger partial charge is 0.123 e. The van der Waals surface area contributed by atoms with Crippen LogP contribution in [-0.4, -0.2) is 0 Å². The number of hydrogen-bond donors (Lipinski definition) is 0. The maximum Gasteiger partial charge on any atom is 0.123 e. The summed E-state index contributed by atoms with van der Waals surface area (Å²) in [7, 11) is 0. The van der Waals surface area contributed by atoms with Crippen LogP contribution < -0.4 is 0 Å². The van der Waals surface area contributed by atoms with Crippen molar-refractivity contribution in [1.29, 1.82) is 0 Å². The van der Waals surface area contributed by atoms with E-state index in [4.69, 9.17) is 0 Å². The van der Waals surface area contributed by atoms with Gasteiger partial charge in [0, 0.05) is 0 Å². The molecule has 2 aliphatic carbocycles. The fraction of sp³-hybridized carbons (Fsp3) is 0.545. The fourth-order valence-electron chi connectivity index (χ4n) is 3.79. The molecule has 0 radical (unpaired) electrons. The van der Waals surface area contributed by atoms with E-state index in [1.807, 2.05) is 0 Å². The maximum atomic E-state index is 11.9. The van der Waals surface area contributed by atoms with E-state index in [9.17, 15) is 4.39 Å². The molecule has 0 saturated heterocycles. The van der Waals surface area contributed by atoms with E-state index in [0.29, 0.717) is 5.41 Å². The van der Waals surface area contributed by atoms with Gasteiger partial charge < -0.3 is 0 Å². The number of allylic oxidation sites excluding steroid dienone is 4. The van der Waals surface area contributed by atoms with Crippen molar-refractivity contribution >= 4 is 0 Å². The monoisotopic (exact) mass is 314 g/mol. The molecule has 0 atom stereocenters. The lowest BCUT2D eigenvalue weighted by Crippen LogP contribution is -2.28. The molecule has 0 aliphatic heterocycles. The van der Waals surface area contributed by atoms with Gasteiger partial charge in [0.1, 0.15) is 5.82 Å². The Morgan fingerprint density at radius 2 is 1.74 bits per heavy atom. The molecule has 0 aromatic heterocycles. The van der Waals surface area contributed by atoms with E-state index >= 15 is 0 Å². The van der Waals surface area contributed by atoms with E-state index in [1.165, 1.54) is 50.7 Å². The third-order valence-corrected chi connectivity index (χ3v) is 5.60. The summed E-state index contributed by atoms with van der Waals surface area (Å²) >= 11 is 0. The van der Waals surface area contributed by atoms with Crippen molar-refractivity contribution in [3.63, 3.8) is 0 Å². The summed E-state index contributed by atoms with van der Waals surface area (Å²) in [6.45, 7) is 7.26. The van der Waals surface area contributed by atoms with E-state index in [-0.39, 0.29) is 5.82 Å². The standard InChI is InChI=1S/C16H26.C6H5F/c1-13(2)14-9-11-16(3,12-10-14)15-7-5-4-6-8-15;7-6-4-2-1-3-5-6/h4-5,7,13-14H,6,8-12H2,1-3H3;1-5H. The van der Waals surface area contributed by atoms with Crippen LogP contribution >= 0.6 is 0 Å². The lowest BCUT2D eigenvalue weighted by atomic mass is 9.64. The first-order chi connectivity index (χ1) is 11.0. The van der Waals surface area contributed by atoms with Crippen LogP contribution in [0, 0.1) is 23.1 Å². The topological polar surface area (TPSA) is 0 Å². The quantitative estimate of drug-likeness (QED) is 0.554. The fourth-order valence-corrected chi connectivity index (χ4v) is 3.79. The van der Waals surface area contributed by atoms with Crippen molar-refractivity contribution in [2.24, 2.45) is 17.3 Å². The molecule has 0 heterocycles. The Labute approximate surface area is 141 Å². The normalized spacial score (nSPS) is 27.2. The Balaban J connectivity index is 0.000000229. The van der Waals surface area contributed by atoms with Crippen LogP contribution in [0.1, 0.15) is 59.3 Å². The summed E-state index contributed by atoms with van der Waals surface area (Å²) in [4.78, 5) is 0. The van der Waals surface area contributed by atoms with Crippen molar-refractivity contribution < 1.29 is 4.39 Å². The molecule has 0 amide bonds. The summed E-state index contributed by atoms with van der Waals surface area (Å²) in [5.74, 6) is 1.68. The van der Waals surface area contributed by atoms with Gasteiger partial charge in [-0.3, -0.25) is 0 Å². The second kappa shape index (κ2) is 8.47.